The van der Waals surface area contributed by atoms with Gasteiger partial charge in [0.15, 0.2) is 11.9 Å². The van der Waals surface area contributed by atoms with Crippen LogP contribution in [0.4, 0.5) is 0 Å². The molecule has 0 spiro atoms. The van der Waals surface area contributed by atoms with E-state index < -0.39 is 29.7 Å². The molecule has 8 nitrogen and oxygen atoms in total. The summed E-state index contributed by atoms with van der Waals surface area (Å²) in [5.74, 6) is -2.24. The first-order valence-electron chi connectivity index (χ1n) is 9.52. The zero-order chi connectivity index (χ0) is 22.2. The molecule has 2 amide bonds. The van der Waals surface area contributed by atoms with Gasteiger partial charge in [0.25, 0.3) is 11.8 Å². The number of hydrogen-bond acceptors (Lipinski definition) is 6. The van der Waals surface area contributed by atoms with Crippen molar-refractivity contribution in [1.29, 1.82) is 0 Å². The summed E-state index contributed by atoms with van der Waals surface area (Å²) in [5, 5.41) is 0. The molecule has 0 aliphatic carbocycles. The number of benzene rings is 1. The van der Waals surface area contributed by atoms with Gasteiger partial charge < -0.3 is 9.72 Å². The lowest BCUT2D eigenvalue weighted by atomic mass is 10.0. The fourth-order valence-electron chi connectivity index (χ4n) is 3.68. The van der Waals surface area contributed by atoms with E-state index in [1.54, 1.807) is 38.1 Å². The van der Waals surface area contributed by atoms with Crippen molar-refractivity contribution in [3.05, 3.63) is 57.9 Å². The summed E-state index contributed by atoms with van der Waals surface area (Å²) >= 11 is 0. The minimum absolute atomic E-state index is 0.138. The molecule has 156 valence electrons. The normalized spacial score (nSPS) is 13.9. The van der Waals surface area contributed by atoms with E-state index in [9.17, 15) is 24.0 Å². The Morgan fingerprint density at radius 2 is 1.63 bits per heavy atom. The average Bonchev–Trinajstić information content (AvgIpc) is 3.13. The highest BCUT2D eigenvalue weighted by molar-refractivity contribution is 6.21. The van der Waals surface area contributed by atoms with Gasteiger partial charge in [-0.05, 0) is 45.4 Å². The quantitative estimate of drug-likeness (QED) is 0.426. The number of ketones is 2. The number of ether oxygens (including phenoxy) is 1. The molecule has 1 aromatic heterocycles. The highest BCUT2D eigenvalue weighted by Crippen LogP contribution is 2.23. The van der Waals surface area contributed by atoms with Gasteiger partial charge >= 0.3 is 5.97 Å². The maximum atomic E-state index is 12.7. The van der Waals surface area contributed by atoms with Gasteiger partial charge in [0, 0.05) is 17.8 Å². The molecule has 3 rings (SSSR count). The second-order valence-corrected chi connectivity index (χ2v) is 7.24. The Kier molecular flexibility index (Phi) is 5.69. The predicted octanol–water partition coefficient (Wildman–Crippen LogP) is 2.63. The third-order valence-corrected chi connectivity index (χ3v) is 5.13. The van der Waals surface area contributed by atoms with Gasteiger partial charge in [-0.25, -0.2) is 0 Å². The largest absolute Gasteiger partial charge is 0.454 e. The minimum Gasteiger partial charge on any atom is -0.454 e. The number of nitrogens with one attached hydrogen (secondary N) is 1. The highest BCUT2D eigenvalue weighted by atomic mass is 16.5. The number of carbonyl (C=O) groups is 5. The number of imide groups is 1. The summed E-state index contributed by atoms with van der Waals surface area (Å²) in [4.78, 5) is 65.2. The van der Waals surface area contributed by atoms with E-state index in [0.29, 0.717) is 27.9 Å². The number of amides is 2. The third kappa shape index (κ3) is 3.68. The molecule has 0 radical (unpaired) electrons. The van der Waals surface area contributed by atoms with Gasteiger partial charge in [-0.3, -0.25) is 28.9 Å². The van der Waals surface area contributed by atoms with Crippen LogP contribution in [0.5, 0.6) is 0 Å². The molecule has 0 unspecified atom stereocenters. The fourth-order valence-corrected chi connectivity index (χ4v) is 3.68. The van der Waals surface area contributed by atoms with E-state index in [0.717, 1.165) is 4.90 Å². The predicted molar refractivity (Wildman–Crippen MR) is 107 cm³/mol. The van der Waals surface area contributed by atoms with E-state index in [-0.39, 0.29) is 24.4 Å². The summed E-state index contributed by atoms with van der Waals surface area (Å²) in [7, 11) is 0. The number of aryl methyl sites for hydroxylation is 1. The third-order valence-electron chi connectivity index (χ3n) is 5.13. The fraction of sp³-hybridized carbons (Fsp3) is 0.318. The minimum atomic E-state index is -1.09. The molecule has 1 atom stereocenters. The smallest absolute Gasteiger partial charge is 0.308 e. The van der Waals surface area contributed by atoms with Crippen LogP contribution in [-0.2, 0) is 9.53 Å². The van der Waals surface area contributed by atoms with Crippen molar-refractivity contribution in [1.82, 2.24) is 9.88 Å². The van der Waals surface area contributed by atoms with Gasteiger partial charge in [-0.1, -0.05) is 12.1 Å². The van der Waals surface area contributed by atoms with E-state index in [4.69, 9.17) is 4.74 Å². The van der Waals surface area contributed by atoms with Crippen LogP contribution in [0.15, 0.2) is 24.3 Å². The Balaban J connectivity index is 1.61. The lowest BCUT2D eigenvalue weighted by molar-refractivity contribution is -0.146. The van der Waals surface area contributed by atoms with Crippen LogP contribution >= 0.6 is 0 Å². The Labute approximate surface area is 173 Å². The average molecular weight is 410 g/mol. The lowest BCUT2D eigenvalue weighted by Gasteiger charge is -2.15. The first-order valence-corrected chi connectivity index (χ1v) is 9.52. The van der Waals surface area contributed by atoms with Crippen LogP contribution in [0.25, 0.3) is 0 Å². The van der Waals surface area contributed by atoms with E-state index in [2.05, 4.69) is 4.98 Å². The molecule has 1 aliphatic heterocycles. The molecule has 8 heteroatoms. The molecule has 1 N–H and O–H groups in total. The van der Waals surface area contributed by atoms with E-state index in [1.807, 2.05) is 0 Å². The number of Topliss-reactive ketones (excluding diaryl/α,β-unsaturated/α-hetero) is 2. The maximum Gasteiger partial charge on any atom is 0.308 e. The molecule has 2 heterocycles. The zero-order valence-corrected chi connectivity index (χ0v) is 17.2. The second-order valence-electron chi connectivity index (χ2n) is 7.24. The molecule has 0 fully saturated rings. The van der Waals surface area contributed by atoms with Crippen molar-refractivity contribution in [2.45, 2.75) is 40.2 Å². The highest BCUT2D eigenvalue weighted by Gasteiger charge is 2.35. The van der Waals surface area contributed by atoms with Crippen molar-refractivity contribution < 1.29 is 28.7 Å². The topological polar surface area (TPSA) is 114 Å². The van der Waals surface area contributed by atoms with Gasteiger partial charge in [0.1, 0.15) is 0 Å². The number of H-pyrrole nitrogens is 1. The van der Waals surface area contributed by atoms with Crippen LogP contribution in [0.3, 0.4) is 0 Å². The van der Waals surface area contributed by atoms with E-state index >= 15 is 0 Å². The first-order chi connectivity index (χ1) is 14.1. The van der Waals surface area contributed by atoms with Crippen molar-refractivity contribution in [3.8, 4) is 0 Å². The van der Waals surface area contributed by atoms with Gasteiger partial charge in [0.05, 0.1) is 23.2 Å². The number of nitrogens with zero attached hydrogens (tertiary/aromatic N) is 1. The van der Waals surface area contributed by atoms with Crippen molar-refractivity contribution >= 4 is 29.4 Å². The molecule has 0 bridgehead atoms. The Morgan fingerprint density at radius 3 is 2.13 bits per heavy atom. The number of carbonyl (C=O) groups excluding carboxylic acids is 5. The van der Waals surface area contributed by atoms with Gasteiger partial charge in [0.2, 0.25) is 5.78 Å². The van der Waals surface area contributed by atoms with Gasteiger partial charge in [-0.2, -0.15) is 0 Å². The summed E-state index contributed by atoms with van der Waals surface area (Å²) in [6.45, 7) is 6.07. The Bertz CT molecular complexity index is 1050. The number of fused-ring (bicyclic) bond motifs is 1. The molecule has 0 saturated heterocycles. The summed E-state index contributed by atoms with van der Waals surface area (Å²) in [5.41, 5.74) is 2.36. The summed E-state index contributed by atoms with van der Waals surface area (Å²) < 4.78 is 5.20. The molecule has 1 aromatic carbocycles. The number of esters is 1. The molecule has 1 aliphatic rings. The lowest BCUT2D eigenvalue weighted by Crippen LogP contribution is -2.33. The Hall–Kier alpha value is -3.55. The van der Waals surface area contributed by atoms with Crippen molar-refractivity contribution in [3.63, 3.8) is 0 Å². The van der Waals surface area contributed by atoms with Crippen LogP contribution in [0.2, 0.25) is 0 Å². The SMILES string of the molecule is CC(=O)c1c(C)[nH]c(C(=O)[C@@H](C)OC(=O)CCN2C(=O)c3ccccc3C2=O)c1C. The molecule has 2 aromatic rings. The standard InChI is InChI=1S/C22H22N2O6/c1-11-18(13(3)25)12(2)23-19(11)20(27)14(4)30-17(26)9-10-24-21(28)15-7-5-6-8-16(15)22(24)29/h5-8,14,23H,9-10H2,1-4H3/t14-/m1/s1. The molecule has 0 saturated carbocycles. The first kappa shape index (κ1) is 21.2. The summed E-state index contributed by atoms with van der Waals surface area (Å²) in [6.07, 6.45) is -1.32. The number of rotatable bonds is 7. The maximum absolute atomic E-state index is 12.7. The van der Waals surface area contributed by atoms with Crippen molar-refractivity contribution in [2.24, 2.45) is 0 Å². The van der Waals surface area contributed by atoms with Crippen LogP contribution in [0.1, 0.15) is 73.1 Å². The van der Waals surface area contributed by atoms with E-state index in [1.165, 1.54) is 13.8 Å². The second kappa shape index (κ2) is 8.06. The number of aromatic amines is 1. The van der Waals surface area contributed by atoms with Crippen LogP contribution in [0, 0.1) is 13.8 Å². The van der Waals surface area contributed by atoms with Crippen LogP contribution < -0.4 is 0 Å². The van der Waals surface area contributed by atoms with Crippen molar-refractivity contribution in [2.75, 3.05) is 6.54 Å². The molecule has 30 heavy (non-hydrogen) atoms. The van der Waals surface area contributed by atoms with Crippen LogP contribution in [-0.4, -0.2) is 51.9 Å². The van der Waals surface area contributed by atoms with Gasteiger partial charge in [-0.15, -0.1) is 0 Å². The summed E-state index contributed by atoms with van der Waals surface area (Å²) in [6, 6.07) is 6.45. The number of hydrogen-bond donors (Lipinski definition) is 1. The number of aromatic nitrogens is 1. The molecular weight excluding hydrogens is 388 g/mol. The molecular formula is C22H22N2O6. The monoisotopic (exact) mass is 410 g/mol. The Morgan fingerprint density at radius 1 is 1.07 bits per heavy atom. The zero-order valence-electron chi connectivity index (χ0n) is 17.2.